The van der Waals surface area contributed by atoms with E-state index in [9.17, 15) is 4.79 Å². The first-order valence-corrected chi connectivity index (χ1v) is 4.84. The molecule has 2 aliphatic carbocycles. The molecule has 3 heteroatoms. The third-order valence-electron chi connectivity index (χ3n) is 3.08. The predicted molar refractivity (Wildman–Crippen MR) is 48.8 cm³/mol. The number of carbonyl (C=O) groups excluding carboxylic acids is 1. The highest BCUT2D eigenvalue weighted by atomic mass is 16.5. The van der Waals surface area contributed by atoms with Crippen molar-refractivity contribution in [1.29, 1.82) is 0 Å². The van der Waals surface area contributed by atoms with Gasteiger partial charge in [-0.15, -0.1) is 0 Å². The Bertz CT molecular complexity index is 249. The monoisotopic (exact) mass is 181 g/mol. The highest BCUT2D eigenvalue weighted by Gasteiger charge is 2.46. The maximum atomic E-state index is 11.5. The Kier molecular flexibility index (Phi) is 2.12. The second-order valence-electron chi connectivity index (χ2n) is 3.80. The maximum Gasteiger partial charge on any atom is 0.311 e. The zero-order valence-corrected chi connectivity index (χ0v) is 7.77. The van der Waals surface area contributed by atoms with Crippen LogP contribution in [0.1, 0.15) is 13.3 Å². The Labute approximate surface area is 77.9 Å². The summed E-state index contributed by atoms with van der Waals surface area (Å²) < 4.78 is 5.00. The number of rotatable bonds is 2. The summed E-state index contributed by atoms with van der Waals surface area (Å²) in [4.78, 5) is 11.5. The molecule has 0 aromatic rings. The fourth-order valence-corrected chi connectivity index (χ4v) is 2.43. The molecule has 2 N–H and O–H groups in total. The SMILES string of the molecule is CCOC(=O)[C@@H]1C2C=CC(C2)[C@H]1N. The van der Waals surface area contributed by atoms with Gasteiger partial charge in [-0.3, -0.25) is 4.79 Å². The quantitative estimate of drug-likeness (QED) is 0.504. The van der Waals surface area contributed by atoms with E-state index in [0.717, 1.165) is 6.42 Å². The molecule has 0 saturated heterocycles. The number of esters is 1. The highest BCUT2D eigenvalue weighted by Crippen LogP contribution is 2.43. The van der Waals surface area contributed by atoms with Crippen molar-refractivity contribution in [2.75, 3.05) is 6.61 Å². The number of nitrogens with two attached hydrogens (primary N) is 1. The third kappa shape index (κ3) is 1.27. The normalized spacial score (nSPS) is 41.1. The van der Waals surface area contributed by atoms with Crippen molar-refractivity contribution in [2.45, 2.75) is 19.4 Å². The number of allylic oxidation sites excluding steroid dienone is 1. The summed E-state index contributed by atoms with van der Waals surface area (Å²) in [5, 5.41) is 0. The molecule has 2 unspecified atom stereocenters. The minimum absolute atomic E-state index is 0.0194. The van der Waals surface area contributed by atoms with Gasteiger partial charge in [0.15, 0.2) is 0 Å². The fraction of sp³-hybridized carbons (Fsp3) is 0.700. The van der Waals surface area contributed by atoms with Crippen LogP contribution < -0.4 is 5.73 Å². The molecular weight excluding hydrogens is 166 g/mol. The molecule has 0 aromatic heterocycles. The summed E-state index contributed by atoms with van der Waals surface area (Å²) >= 11 is 0. The van der Waals surface area contributed by atoms with E-state index in [4.69, 9.17) is 10.5 Å². The molecule has 0 aromatic carbocycles. The van der Waals surface area contributed by atoms with E-state index in [1.165, 1.54) is 0 Å². The topological polar surface area (TPSA) is 52.3 Å². The average molecular weight is 181 g/mol. The fourth-order valence-electron chi connectivity index (χ4n) is 2.43. The van der Waals surface area contributed by atoms with Crippen molar-refractivity contribution in [1.82, 2.24) is 0 Å². The molecule has 1 saturated carbocycles. The van der Waals surface area contributed by atoms with Gasteiger partial charge in [-0.2, -0.15) is 0 Å². The molecule has 2 rings (SSSR count). The maximum absolute atomic E-state index is 11.5. The summed E-state index contributed by atoms with van der Waals surface area (Å²) in [7, 11) is 0. The van der Waals surface area contributed by atoms with Gasteiger partial charge < -0.3 is 10.5 Å². The molecule has 0 heterocycles. The number of fused-ring (bicyclic) bond motifs is 2. The van der Waals surface area contributed by atoms with Gasteiger partial charge in [-0.25, -0.2) is 0 Å². The van der Waals surface area contributed by atoms with Crippen LogP contribution in [0.2, 0.25) is 0 Å². The van der Waals surface area contributed by atoms with E-state index in [1.54, 1.807) is 0 Å². The minimum atomic E-state index is -0.119. The summed E-state index contributed by atoms with van der Waals surface area (Å²) in [5.74, 6) is 0.528. The molecule has 13 heavy (non-hydrogen) atoms. The van der Waals surface area contributed by atoms with Crippen molar-refractivity contribution < 1.29 is 9.53 Å². The van der Waals surface area contributed by atoms with Crippen LogP contribution in [-0.4, -0.2) is 18.6 Å². The summed E-state index contributed by atoms with van der Waals surface area (Å²) in [5.41, 5.74) is 5.94. The molecule has 2 bridgehead atoms. The van der Waals surface area contributed by atoms with Crippen LogP contribution in [0.3, 0.4) is 0 Å². The van der Waals surface area contributed by atoms with Crippen LogP contribution in [-0.2, 0) is 9.53 Å². The summed E-state index contributed by atoms with van der Waals surface area (Å²) in [6.07, 6.45) is 5.27. The Morgan fingerprint density at radius 2 is 2.23 bits per heavy atom. The van der Waals surface area contributed by atoms with Crippen molar-refractivity contribution in [2.24, 2.45) is 23.5 Å². The van der Waals surface area contributed by atoms with Gasteiger partial charge >= 0.3 is 5.97 Å². The first-order valence-electron chi connectivity index (χ1n) is 4.84. The first-order chi connectivity index (χ1) is 6.24. The Balaban J connectivity index is 2.08. The molecule has 1 fully saturated rings. The molecule has 72 valence electrons. The zero-order chi connectivity index (χ0) is 9.42. The van der Waals surface area contributed by atoms with Crippen LogP contribution in [0, 0.1) is 17.8 Å². The van der Waals surface area contributed by atoms with Crippen LogP contribution in [0.5, 0.6) is 0 Å². The van der Waals surface area contributed by atoms with E-state index in [2.05, 4.69) is 12.2 Å². The number of hydrogen-bond acceptors (Lipinski definition) is 3. The molecule has 3 nitrogen and oxygen atoms in total. The molecule has 0 aliphatic heterocycles. The smallest absolute Gasteiger partial charge is 0.311 e. The van der Waals surface area contributed by atoms with Crippen molar-refractivity contribution >= 4 is 5.97 Å². The lowest BCUT2D eigenvalue weighted by molar-refractivity contribution is -0.149. The highest BCUT2D eigenvalue weighted by molar-refractivity contribution is 5.75. The van der Waals surface area contributed by atoms with E-state index in [0.29, 0.717) is 18.4 Å². The number of hydrogen-bond donors (Lipinski definition) is 1. The Hall–Kier alpha value is -0.830. The van der Waals surface area contributed by atoms with Crippen LogP contribution in [0.4, 0.5) is 0 Å². The van der Waals surface area contributed by atoms with Crippen LogP contribution in [0.15, 0.2) is 12.2 Å². The average Bonchev–Trinajstić information content (AvgIpc) is 2.63. The van der Waals surface area contributed by atoms with Crippen LogP contribution >= 0.6 is 0 Å². The van der Waals surface area contributed by atoms with Crippen molar-refractivity contribution in [3.8, 4) is 0 Å². The van der Waals surface area contributed by atoms with E-state index < -0.39 is 0 Å². The van der Waals surface area contributed by atoms with Crippen molar-refractivity contribution in [3.05, 3.63) is 12.2 Å². The van der Waals surface area contributed by atoms with E-state index in [1.807, 2.05) is 6.92 Å². The summed E-state index contributed by atoms with van der Waals surface area (Å²) in [6.45, 7) is 2.27. The lowest BCUT2D eigenvalue weighted by atomic mass is 9.90. The standard InChI is InChI=1S/C10H15NO2/c1-2-13-10(12)8-6-3-4-7(5-6)9(8)11/h3-4,6-9H,2,5,11H2,1H3/t6?,7?,8-,9-/m1/s1. The lowest BCUT2D eigenvalue weighted by Crippen LogP contribution is -2.39. The van der Waals surface area contributed by atoms with Gasteiger partial charge in [-0.1, -0.05) is 12.2 Å². The Morgan fingerprint density at radius 1 is 1.54 bits per heavy atom. The Morgan fingerprint density at radius 3 is 2.77 bits per heavy atom. The third-order valence-corrected chi connectivity index (χ3v) is 3.08. The second-order valence-corrected chi connectivity index (χ2v) is 3.80. The molecular formula is C10H15NO2. The first kappa shape index (κ1) is 8.75. The molecule has 2 aliphatic rings. The van der Waals surface area contributed by atoms with Gasteiger partial charge in [0.25, 0.3) is 0 Å². The van der Waals surface area contributed by atoms with Gasteiger partial charge in [0.05, 0.1) is 12.5 Å². The molecule has 0 amide bonds. The number of ether oxygens (including phenoxy) is 1. The van der Waals surface area contributed by atoms with Crippen LogP contribution in [0.25, 0.3) is 0 Å². The van der Waals surface area contributed by atoms with Gasteiger partial charge in [0.1, 0.15) is 0 Å². The van der Waals surface area contributed by atoms with Crippen molar-refractivity contribution in [3.63, 3.8) is 0 Å². The second kappa shape index (κ2) is 3.14. The van der Waals surface area contributed by atoms with E-state index >= 15 is 0 Å². The lowest BCUT2D eigenvalue weighted by Gasteiger charge is -2.22. The summed E-state index contributed by atoms with van der Waals surface area (Å²) in [6, 6.07) is -0.0194. The predicted octanol–water partition coefficient (Wildman–Crippen LogP) is 0.699. The zero-order valence-electron chi connectivity index (χ0n) is 7.77. The van der Waals surface area contributed by atoms with Gasteiger partial charge in [-0.05, 0) is 25.2 Å². The van der Waals surface area contributed by atoms with E-state index in [-0.39, 0.29) is 17.9 Å². The molecule has 0 radical (unpaired) electrons. The molecule has 0 spiro atoms. The van der Waals surface area contributed by atoms with Gasteiger partial charge in [0, 0.05) is 6.04 Å². The minimum Gasteiger partial charge on any atom is -0.466 e. The largest absolute Gasteiger partial charge is 0.466 e. The molecule has 4 atom stereocenters. The number of carbonyl (C=O) groups is 1. The van der Waals surface area contributed by atoms with Gasteiger partial charge in [0.2, 0.25) is 0 Å².